The Morgan fingerprint density at radius 1 is 0.905 bits per heavy atom. The summed E-state index contributed by atoms with van der Waals surface area (Å²) >= 11 is 0. The van der Waals surface area contributed by atoms with E-state index in [0.717, 1.165) is 23.5 Å². The summed E-state index contributed by atoms with van der Waals surface area (Å²) in [6, 6.07) is 16.0. The lowest BCUT2D eigenvalue weighted by molar-refractivity contribution is 0.334. The molecule has 1 atom stereocenters. The molecule has 1 unspecified atom stereocenters. The van der Waals surface area contributed by atoms with Crippen LogP contribution in [0.1, 0.15) is 31.0 Å². The lowest BCUT2D eigenvalue weighted by atomic mass is 9.99. The fraction of sp³-hybridized carbons (Fsp3) is 0.333. The highest BCUT2D eigenvalue weighted by molar-refractivity contribution is 5.37. The fourth-order valence-corrected chi connectivity index (χ4v) is 2.33. The smallest absolute Gasteiger partial charge is 0.124 e. The molecular weight excluding hydrogens is 262 g/mol. The van der Waals surface area contributed by atoms with Gasteiger partial charge in [0.25, 0.3) is 0 Å². The van der Waals surface area contributed by atoms with Crippen molar-refractivity contribution in [3.8, 4) is 11.5 Å². The average molecular weight is 285 g/mol. The van der Waals surface area contributed by atoms with Crippen molar-refractivity contribution in [2.24, 2.45) is 5.73 Å². The minimum Gasteiger partial charge on any atom is -0.494 e. The van der Waals surface area contributed by atoms with Crippen LogP contribution >= 0.6 is 0 Å². The number of benzene rings is 2. The van der Waals surface area contributed by atoms with Gasteiger partial charge in [0.15, 0.2) is 0 Å². The number of nitrogens with two attached hydrogens (primary N) is 1. The molecule has 2 rings (SSSR count). The minimum atomic E-state index is -0.0781. The monoisotopic (exact) mass is 285 g/mol. The molecule has 3 heteroatoms. The zero-order valence-corrected chi connectivity index (χ0v) is 12.7. The molecule has 0 saturated heterocycles. The Labute approximate surface area is 126 Å². The number of hydrogen-bond acceptors (Lipinski definition) is 3. The molecule has 2 N–H and O–H groups in total. The van der Waals surface area contributed by atoms with Crippen LogP contribution in [0, 0.1) is 0 Å². The Hall–Kier alpha value is -2.00. The molecule has 2 aromatic rings. The Morgan fingerprint density at radius 2 is 1.57 bits per heavy atom. The van der Waals surface area contributed by atoms with Crippen LogP contribution in [-0.2, 0) is 6.42 Å². The second kappa shape index (κ2) is 7.70. The van der Waals surface area contributed by atoms with Crippen molar-refractivity contribution in [1.82, 2.24) is 0 Å². The van der Waals surface area contributed by atoms with Gasteiger partial charge in [0.1, 0.15) is 11.5 Å². The van der Waals surface area contributed by atoms with Crippen LogP contribution < -0.4 is 15.2 Å². The standard InChI is InChI=1S/C18H23NO2/c1-3-20-15-11-9-14(10-12-15)13-17(19)16-7-5-6-8-18(16)21-4-2/h5-12,17H,3-4,13,19H2,1-2H3. The summed E-state index contributed by atoms with van der Waals surface area (Å²) in [7, 11) is 0. The number of ether oxygens (including phenoxy) is 2. The van der Waals surface area contributed by atoms with Gasteiger partial charge in [0, 0.05) is 11.6 Å². The summed E-state index contributed by atoms with van der Waals surface area (Å²) in [6.07, 6.45) is 0.774. The van der Waals surface area contributed by atoms with Crippen molar-refractivity contribution >= 4 is 0 Å². The number of hydrogen-bond donors (Lipinski definition) is 1. The van der Waals surface area contributed by atoms with Crippen LogP contribution in [0.3, 0.4) is 0 Å². The van der Waals surface area contributed by atoms with Crippen LogP contribution in [0.2, 0.25) is 0 Å². The van der Waals surface area contributed by atoms with Gasteiger partial charge in [-0.05, 0) is 44.0 Å². The van der Waals surface area contributed by atoms with Gasteiger partial charge in [-0.15, -0.1) is 0 Å². The summed E-state index contributed by atoms with van der Waals surface area (Å²) in [4.78, 5) is 0. The Bertz CT molecular complexity index is 551. The van der Waals surface area contributed by atoms with E-state index < -0.39 is 0 Å². The molecule has 0 aromatic heterocycles. The van der Waals surface area contributed by atoms with E-state index in [1.54, 1.807) is 0 Å². The molecule has 0 bridgehead atoms. The number of rotatable bonds is 7. The maximum absolute atomic E-state index is 6.34. The lowest BCUT2D eigenvalue weighted by Crippen LogP contribution is -2.14. The third-order valence-electron chi connectivity index (χ3n) is 3.31. The summed E-state index contributed by atoms with van der Waals surface area (Å²) in [6.45, 7) is 5.29. The molecule has 112 valence electrons. The summed E-state index contributed by atoms with van der Waals surface area (Å²) in [5, 5.41) is 0. The van der Waals surface area contributed by atoms with Gasteiger partial charge < -0.3 is 15.2 Å². The maximum atomic E-state index is 6.34. The van der Waals surface area contributed by atoms with Crippen molar-refractivity contribution < 1.29 is 9.47 Å². The Kier molecular flexibility index (Phi) is 5.64. The van der Waals surface area contributed by atoms with E-state index in [1.807, 2.05) is 50.2 Å². The second-order valence-electron chi connectivity index (χ2n) is 4.86. The largest absolute Gasteiger partial charge is 0.494 e. The topological polar surface area (TPSA) is 44.5 Å². The molecule has 0 aliphatic carbocycles. The first kappa shape index (κ1) is 15.4. The molecule has 0 heterocycles. The van der Waals surface area contributed by atoms with Crippen molar-refractivity contribution in [3.63, 3.8) is 0 Å². The van der Waals surface area contributed by atoms with E-state index in [9.17, 15) is 0 Å². The zero-order chi connectivity index (χ0) is 15.1. The first-order valence-electron chi connectivity index (χ1n) is 7.43. The van der Waals surface area contributed by atoms with E-state index >= 15 is 0 Å². The highest BCUT2D eigenvalue weighted by Gasteiger charge is 2.12. The van der Waals surface area contributed by atoms with Crippen LogP contribution in [0.25, 0.3) is 0 Å². The highest BCUT2D eigenvalue weighted by atomic mass is 16.5. The van der Waals surface area contributed by atoms with E-state index in [4.69, 9.17) is 15.2 Å². The van der Waals surface area contributed by atoms with Crippen molar-refractivity contribution in [1.29, 1.82) is 0 Å². The first-order valence-corrected chi connectivity index (χ1v) is 7.43. The van der Waals surface area contributed by atoms with Crippen LogP contribution in [0.4, 0.5) is 0 Å². The molecule has 0 fully saturated rings. The molecule has 3 nitrogen and oxygen atoms in total. The molecule has 0 amide bonds. The normalized spacial score (nSPS) is 12.0. The van der Waals surface area contributed by atoms with Crippen molar-refractivity contribution in [3.05, 3.63) is 59.7 Å². The Morgan fingerprint density at radius 3 is 2.24 bits per heavy atom. The fourth-order valence-electron chi connectivity index (χ4n) is 2.33. The third kappa shape index (κ3) is 4.23. The van der Waals surface area contributed by atoms with Gasteiger partial charge in [-0.2, -0.15) is 0 Å². The van der Waals surface area contributed by atoms with E-state index in [0.29, 0.717) is 13.2 Å². The molecule has 0 spiro atoms. The molecule has 21 heavy (non-hydrogen) atoms. The molecule has 0 saturated carbocycles. The van der Waals surface area contributed by atoms with Crippen molar-refractivity contribution in [2.75, 3.05) is 13.2 Å². The van der Waals surface area contributed by atoms with Gasteiger partial charge in [-0.25, -0.2) is 0 Å². The van der Waals surface area contributed by atoms with Crippen LogP contribution in [0.5, 0.6) is 11.5 Å². The molecule has 0 aliphatic rings. The van der Waals surface area contributed by atoms with Crippen LogP contribution in [0.15, 0.2) is 48.5 Å². The highest BCUT2D eigenvalue weighted by Crippen LogP contribution is 2.26. The van der Waals surface area contributed by atoms with Gasteiger partial charge in [-0.3, -0.25) is 0 Å². The third-order valence-corrected chi connectivity index (χ3v) is 3.31. The second-order valence-corrected chi connectivity index (χ2v) is 4.86. The SMILES string of the molecule is CCOc1ccc(CC(N)c2ccccc2OCC)cc1. The van der Waals surface area contributed by atoms with E-state index in [2.05, 4.69) is 12.1 Å². The molecule has 2 aromatic carbocycles. The van der Waals surface area contributed by atoms with E-state index in [1.165, 1.54) is 5.56 Å². The zero-order valence-electron chi connectivity index (χ0n) is 12.7. The number of para-hydroxylation sites is 1. The Balaban J connectivity index is 2.08. The predicted octanol–water partition coefficient (Wildman–Crippen LogP) is 3.73. The van der Waals surface area contributed by atoms with Gasteiger partial charge in [0.2, 0.25) is 0 Å². The van der Waals surface area contributed by atoms with Crippen molar-refractivity contribution in [2.45, 2.75) is 26.3 Å². The summed E-state index contributed by atoms with van der Waals surface area (Å²) < 4.78 is 11.1. The van der Waals surface area contributed by atoms with Gasteiger partial charge in [-0.1, -0.05) is 30.3 Å². The van der Waals surface area contributed by atoms with Gasteiger partial charge >= 0.3 is 0 Å². The van der Waals surface area contributed by atoms with E-state index in [-0.39, 0.29) is 6.04 Å². The molecular formula is C18H23NO2. The predicted molar refractivity (Wildman–Crippen MR) is 85.9 cm³/mol. The lowest BCUT2D eigenvalue weighted by Gasteiger charge is -2.16. The van der Waals surface area contributed by atoms with Gasteiger partial charge in [0.05, 0.1) is 13.2 Å². The minimum absolute atomic E-state index is 0.0781. The summed E-state index contributed by atoms with van der Waals surface area (Å²) in [5.74, 6) is 1.77. The average Bonchev–Trinajstić information content (AvgIpc) is 2.50. The molecule has 0 radical (unpaired) electrons. The quantitative estimate of drug-likeness (QED) is 0.843. The van der Waals surface area contributed by atoms with Crippen LogP contribution in [-0.4, -0.2) is 13.2 Å². The summed E-state index contributed by atoms with van der Waals surface area (Å²) in [5.41, 5.74) is 8.58. The maximum Gasteiger partial charge on any atom is 0.124 e. The molecule has 0 aliphatic heterocycles. The first-order chi connectivity index (χ1) is 10.2.